The summed E-state index contributed by atoms with van der Waals surface area (Å²) in [6, 6.07) is 10.5. The first-order valence-electron chi connectivity index (χ1n) is 6.71. The van der Waals surface area contributed by atoms with Crippen molar-refractivity contribution in [3.63, 3.8) is 0 Å². The molecule has 0 heterocycles. The molecule has 0 spiro atoms. The molecular formula is C15H20N2O3S. The molecular weight excluding hydrogens is 288 g/mol. The smallest absolute Gasteiger partial charge is 0.243 e. The lowest BCUT2D eigenvalue weighted by Crippen LogP contribution is -2.28. The van der Waals surface area contributed by atoms with Crippen LogP contribution in [0.3, 0.4) is 0 Å². The van der Waals surface area contributed by atoms with E-state index in [2.05, 4.69) is 0 Å². The number of benzene rings is 2. The predicted octanol–water partition coefficient (Wildman–Crippen LogP) is 2.08. The topological polar surface area (TPSA) is 72.6 Å². The monoisotopic (exact) mass is 308 g/mol. The second kappa shape index (κ2) is 6.43. The molecule has 5 nitrogen and oxygen atoms in total. The van der Waals surface area contributed by atoms with Crippen LogP contribution in [0.15, 0.2) is 41.3 Å². The van der Waals surface area contributed by atoms with E-state index in [1.807, 2.05) is 18.2 Å². The van der Waals surface area contributed by atoms with Gasteiger partial charge in [-0.3, -0.25) is 0 Å². The molecule has 0 bridgehead atoms. The van der Waals surface area contributed by atoms with Crippen molar-refractivity contribution in [1.82, 2.24) is 4.31 Å². The summed E-state index contributed by atoms with van der Waals surface area (Å²) >= 11 is 0. The quantitative estimate of drug-likeness (QED) is 0.655. The van der Waals surface area contributed by atoms with Crippen LogP contribution in [0, 0.1) is 0 Å². The largest absolute Gasteiger partial charge is 0.398 e. The van der Waals surface area contributed by atoms with Crippen LogP contribution in [-0.4, -0.2) is 40.0 Å². The number of sulfonamides is 1. The standard InChI is InChI=1S/C15H20N2O3S/c1-17(10-5-11-20-2)21(18,19)15-9-8-14(16)12-6-3-4-7-13(12)15/h3-4,6-9H,5,10-11,16H2,1-2H3. The van der Waals surface area contributed by atoms with Crippen LogP contribution < -0.4 is 5.73 Å². The summed E-state index contributed by atoms with van der Waals surface area (Å²) in [4.78, 5) is 0.284. The van der Waals surface area contributed by atoms with Crippen molar-refractivity contribution in [2.24, 2.45) is 0 Å². The Labute approximate surface area is 125 Å². The molecule has 0 saturated heterocycles. The van der Waals surface area contributed by atoms with E-state index in [-0.39, 0.29) is 4.90 Å². The van der Waals surface area contributed by atoms with Gasteiger partial charge in [-0.05, 0) is 18.6 Å². The first-order chi connectivity index (χ1) is 9.98. The fraction of sp³-hybridized carbons (Fsp3) is 0.333. The molecule has 6 heteroatoms. The van der Waals surface area contributed by atoms with Crippen molar-refractivity contribution in [2.75, 3.05) is 33.0 Å². The predicted molar refractivity (Wildman–Crippen MR) is 84.7 cm³/mol. The second-order valence-electron chi connectivity index (χ2n) is 4.87. The van der Waals surface area contributed by atoms with E-state index in [1.54, 1.807) is 32.4 Å². The van der Waals surface area contributed by atoms with Gasteiger partial charge in [-0.15, -0.1) is 0 Å². The summed E-state index contributed by atoms with van der Waals surface area (Å²) in [5, 5.41) is 1.40. The van der Waals surface area contributed by atoms with Crippen molar-refractivity contribution in [3.8, 4) is 0 Å². The Kier molecular flexibility index (Phi) is 4.82. The second-order valence-corrected chi connectivity index (χ2v) is 6.88. The summed E-state index contributed by atoms with van der Waals surface area (Å²) in [7, 11) is -0.362. The van der Waals surface area contributed by atoms with Crippen LogP contribution in [0.5, 0.6) is 0 Å². The average molecular weight is 308 g/mol. The van der Waals surface area contributed by atoms with Gasteiger partial charge >= 0.3 is 0 Å². The third kappa shape index (κ3) is 3.18. The molecule has 0 fully saturated rings. The molecule has 114 valence electrons. The zero-order valence-electron chi connectivity index (χ0n) is 12.2. The third-order valence-corrected chi connectivity index (χ3v) is 5.34. The number of nitrogens with two attached hydrogens (primary N) is 1. The molecule has 0 aliphatic rings. The van der Waals surface area contributed by atoms with E-state index in [0.29, 0.717) is 30.6 Å². The Morgan fingerprint density at radius 3 is 2.48 bits per heavy atom. The van der Waals surface area contributed by atoms with E-state index < -0.39 is 10.0 Å². The fourth-order valence-electron chi connectivity index (χ4n) is 2.24. The van der Waals surface area contributed by atoms with E-state index in [0.717, 1.165) is 5.39 Å². The highest BCUT2D eigenvalue weighted by molar-refractivity contribution is 7.89. The van der Waals surface area contributed by atoms with Crippen LogP contribution >= 0.6 is 0 Å². The number of nitrogen functional groups attached to an aromatic ring is 1. The fourth-order valence-corrected chi connectivity index (χ4v) is 3.64. The Bertz CT molecular complexity index is 729. The number of nitrogens with zero attached hydrogens (tertiary/aromatic N) is 1. The van der Waals surface area contributed by atoms with Gasteiger partial charge in [-0.2, -0.15) is 0 Å². The Hall–Kier alpha value is -1.63. The number of hydrogen-bond acceptors (Lipinski definition) is 4. The maximum absolute atomic E-state index is 12.7. The molecule has 2 N–H and O–H groups in total. The molecule has 2 aromatic carbocycles. The zero-order chi connectivity index (χ0) is 15.5. The number of rotatable bonds is 6. The molecule has 0 aromatic heterocycles. The van der Waals surface area contributed by atoms with Gasteiger partial charge in [0.05, 0.1) is 4.90 Å². The highest BCUT2D eigenvalue weighted by Crippen LogP contribution is 2.29. The van der Waals surface area contributed by atoms with Gasteiger partial charge < -0.3 is 10.5 Å². The lowest BCUT2D eigenvalue weighted by Gasteiger charge is -2.18. The number of ether oxygens (including phenoxy) is 1. The molecule has 2 aromatic rings. The minimum Gasteiger partial charge on any atom is -0.398 e. The first kappa shape index (κ1) is 15.8. The van der Waals surface area contributed by atoms with Crippen LogP contribution in [0.25, 0.3) is 10.8 Å². The Morgan fingerprint density at radius 2 is 1.81 bits per heavy atom. The van der Waals surface area contributed by atoms with E-state index >= 15 is 0 Å². The van der Waals surface area contributed by atoms with E-state index in [9.17, 15) is 8.42 Å². The Morgan fingerprint density at radius 1 is 1.14 bits per heavy atom. The molecule has 0 radical (unpaired) electrons. The normalized spacial score (nSPS) is 12.1. The van der Waals surface area contributed by atoms with Crippen molar-refractivity contribution in [1.29, 1.82) is 0 Å². The van der Waals surface area contributed by atoms with Crippen LogP contribution in [-0.2, 0) is 14.8 Å². The lowest BCUT2D eigenvalue weighted by molar-refractivity contribution is 0.189. The minimum absolute atomic E-state index is 0.284. The summed E-state index contributed by atoms with van der Waals surface area (Å²) in [6.45, 7) is 0.942. The first-order valence-corrected chi connectivity index (χ1v) is 8.15. The number of methoxy groups -OCH3 is 1. The SMILES string of the molecule is COCCCN(C)S(=O)(=O)c1ccc(N)c2ccccc12. The number of hydrogen-bond donors (Lipinski definition) is 1. The van der Waals surface area contributed by atoms with Gasteiger partial charge in [0.1, 0.15) is 0 Å². The zero-order valence-corrected chi connectivity index (χ0v) is 13.1. The van der Waals surface area contributed by atoms with Gasteiger partial charge in [0.25, 0.3) is 0 Å². The average Bonchev–Trinajstić information content (AvgIpc) is 2.47. The lowest BCUT2D eigenvalue weighted by atomic mass is 10.1. The molecule has 0 aliphatic carbocycles. The third-order valence-electron chi connectivity index (χ3n) is 3.43. The maximum Gasteiger partial charge on any atom is 0.243 e. The Balaban J connectivity index is 2.43. The van der Waals surface area contributed by atoms with Crippen molar-refractivity contribution < 1.29 is 13.2 Å². The van der Waals surface area contributed by atoms with Crippen LogP contribution in [0.1, 0.15) is 6.42 Å². The minimum atomic E-state index is -3.54. The van der Waals surface area contributed by atoms with Crippen LogP contribution in [0.4, 0.5) is 5.69 Å². The highest BCUT2D eigenvalue weighted by atomic mass is 32.2. The number of anilines is 1. The van der Waals surface area contributed by atoms with Crippen LogP contribution in [0.2, 0.25) is 0 Å². The molecule has 0 saturated carbocycles. The highest BCUT2D eigenvalue weighted by Gasteiger charge is 2.23. The van der Waals surface area contributed by atoms with Crippen molar-refractivity contribution in [3.05, 3.63) is 36.4 Å². The molecule has 0 amide bonds. The van der Waals surface area contributed by atoms with Gasteiger partial charge in [0.15, 0.2) is 0 Å². The van der Waals surface area contributed by atoms with Gasteiger partial charge in [-0.25, -0.2) is 12.7 Å². The number of fused-ring (bicyclic) bond motifs is 1. The summed E-state index contributed by atoms with van der Waals surface area (Å²) < 4.78 is 31.7. The summed E-state index contributed by atoms with van der Waals surface area (Å²) in [6.07, 6.45) is 0.652. The summed E-state index contributed by atoms with van der Waals surface area (Å²) in [5.74, 6) is 0. The van der Waals surface area contributed by atoms with Crippen molar-refractivity contribution in [2.45, 2.75) is 11.3 Å². The van der Waals surface area contributed by atoms with Gasteiger partial charge in [0, 0.05) is 43.8 Å². The van der Waals surface area contributed by atoms with Crippen molar-refractivity contribution >= 4 is 26.5 Å². The molecule has 0 unspecified atom stereocenters. The summed E-state index contributed by atoms with van der Waals surface area (Å²) in [5.41, 5.74) is 6.49. The van der Waals surface area contributed by atoms with Gasteiger partial charge in [-0.1, -0.05) is 24.3 Å². The molecule has 0 atom stereocenters. The molecule has 0 aliphatic heterocycles. The molecule has 2 rings (SSSR count). The maximum atomic E-state index is 12.7. The van der Waals surface area contributed by atoms with Gasteiger partial charge in [0.2, 0.25) is 10.0 Å². The molecule has 21 heavy (non-hydrogen) atoms. The van der Waals surface area contributed by atoms with E-state index in [4.69, 9.17) is 10.5 Å². The van der Waals surface area contributed by atoms with E-state index in [1.165, 1.54) is 4.31 Å².